The number of nitrogens with two attached hydrogens (primary N) is 1. The molecule has 55 heavy (non-hydrogen) atoms. The number of aromatic nitrogens is 2. The Kier molecular flexibility index (Phi) is 17.4. The molecule has 2 heterocycles. The highest BCUT2D eigenvalue weighted by atomic mass is 35.5. The Labute approximate surface area is 329 Å². The van der Waals surface area contributed by atoms with E-state index in [2.05, 4.69) is 36.7 Å². The van der Waals surface area contributed by atoms with Crippen LogP contribution < -0.4 is 32.3 Å². The molecule has 1 amide bonds. The summed E-state index contributed by atoms with van der Waals surface area (Å²) in [6, 6.07) is 14.9. The quantitative estimate of drug-likeness (QED) is 0.0376. The van der Waals surface area contributed by atoms with Crippen molar-refractivity contribution in [2.45, 2.75) is 95.4 Å². The van der Waals surface area contributed by atoms with Crippen LogP contribution in [0.25, 0.3) is 10.9 Å². The number of nitrogens with zero attached hydrogens (tertiary/aromatic N) is 4. The lowest BCUT2D eigenvalue weighted by molar-refractivity contribution is -0.146. The number of carbonyl (C=O) groups excluding carboxylic acids is 2. The van der Waals surface area contributed by atoms with E-state index in [-0.39, 0.29) is 37.9 Å². The maximum atomic E-state index is 13.0. The zero-order chi connectivity index (χ0) is 38.7. The summed E-state index contributed by atoms with van der Waals surface area (Å²) in [6.45, 7) is 5.35. The second-order valence-corrected chi connectivity index (χ2v) is 14.8. The monoisotopic (exact) mass is 775 g/mol. The lowest BCUT2D eigenvalue weighted by Gasteiger charge is -2.33. The Morgan fingerprint density at radius 3 is 2.51 bits per heavy atom. The molecule has 2 aliphatic rings. The van der Waals surface area contributed by atoms with Crippen LogP contribution in [0.4, 0.5) is 11.8 Å². The molecule has 298 valence electrons. The number of benzene rings is 2. The Morgan fingerprint density at radius 1 is 0.982 bits per heavy atom. The highest BCUT2D eigenvalue weighted by Gasteiger charge is 2.25. The van der Waals surface area contributed by atoms with Crippen molar-refractivity contribution in [3.63, 3.8) is 0 Å². The highest BCUT2D eigenvalue weighted by molar-refractivity contribution is 6.31. The molecule has 0 unspecified atom stereocenters. The largest absolute Gasteiger partial charge is 0.460 e. The van der Waals surface area contributed by atoms with E-state index in [4.69, 9.17) is 32.6 Å². The van der Waals surface area contributed by atoms with Crippen molar-refractivity contribution in [1.82, 2.24) is 30.8 Å². The molecule has 1 saturated carbocycles. The third-order valence-electron chi connectivity index (χ3n) is 10.1. The molecule has 1 aromatic heterocycles. The molecule has 0 radical (unpaired) electrons. The second-order valence-electron chi connectivity index (χ2n) is 14.4. The number of esters is 1. The molecule has 5 rings (SSSR count). The summed E-state index contributed by atoms with van der Waals surface area (Å²) < 4.78 is 5.33. The van der Waals surface area contributed by atoms with Crippen LogP contribution in [-0.4, -0.2) is 90.7 Å². The van der Waals surface area contributed by atoms with Crippen molar-refractivity contribution < 1.29 is 14.3 Å². The number of nitrogens with one attached hydrogen (secondary N) is 6. The third-order valence-corrected chi connectivity index (χ3v) is 10.4. The van der Waals surface area contributed by atoms with Gasteiger partial charge in [0.2, 0.25) is 11.9 Å². The van der Waals surface area contributed by atoms with E-state index in [1.807, 2.05) is 47.4 Å². The molecule has 3 aromatic rings. The minimum atomic E-state index is -0.854. The zero-order valence-electron chi connectivity index (χ0n) is 31.8. The first-order chi connectivity index (χ1) is 26.9. The van der Waals surface area contributed by atoms with Crippen molar-refractivity contribution in [2.75, 3.05) is 56.4 Å². The third kappa shape index (κ3) is 14.3. The standard InChI is InChI=1S/C40H58ClN11O3/c41-30-13-14-34-36(25-30)49-40(47-27-33(51-43)26-45-21-7-19-44-20-8-22-46-31-11-5-2-6-12-31)50-38(34)48-32-17-23-52(24-18-32)37(53)16-15-35(42)39(54)55-28-29-9-3-1-4-10-29/h1,3-4,9-10,13-14,25-26,31-32,35,43-46H,2,5-8,11-12,15-24,27-28,42H2,(H2,47,48,49,50)/b33-26-,51-43?/t35-/m0/s1. The SMILES string of the molecule is N=N/C(=C\NCCCNCCCNC1CCCCC1)CNc1nc(NC2CCN(C(=O)CC[C@H](N)C(=O)OCc3ccccc3)CC2)c2ccc(Cl)cc2n1. The number of halogens is 1. The van der Waals surface area contributed by atoms with Gasteiger partial charge in [-0.2, -0.15) is 10.1 Å². The van der Waals surface area contributed by atoms with E-state index >= 15 is 0 Å². The van der Waals surface area contributed by atoms with Gasteiger partial charge in [0, 0.05) is 54.7 Å². The van der Waals surface area contributed by atoms with Crippen LogP contribution in [0, 0.1) is 5.53 Å². The molecule has 1 atom stereocenters. The molecule has 2 aromatic carbocycles. The van der Waals surface area contributed by atoms with Crippen LogP contribution in [0.3, 0.4) is 0 Å². The summed E-state index contributed by atoms with van der Waals surface area (Å²) in [6.07, 6.45) is 12.4. The molecule has 15 heteroatoms. The number of hydrogen-bond donors (Lipinski definition) is 7. The molecule has 1 saturated heterocycles. The van der Waals surface area contributed by atoms with E-state index in [9.17, 15) is 9.59 Å². The molecule has 1 aliphatic heterocycles. The van der Waals surface area contributed by atoms with Crippen LogP contribution in [-0.2, 0) is 20.9 Å². The molecule has 0 bridgehead atoms. The first-order valence-electron chi connectivity index (χ1n) is 19.8. The second kappa shape index (κ2) is 22.9. The average Bonchev–Trinajstić information content (AvgIpc) is 3.21. The summed E-state index contributed by atoms with van der Waals surface area (Å²) in [4.78, 5) is 36.6. The van der Waals surface area contributed by atoms with E-state index in [0.717, 1.165) is 62.8 Å². The van der Waals surface area contributed by atoms with Gasteiger partial charge in [-0.25, -0.2) is 10.5 Å². The molecule has 2 fully saturated rings. The van der Waals surface area contributed by atoms with Crippen molar-refractivity contribution in [3.8, 4) is 0 Å². The zero-order valence-corrected chi connectivity index (χ0v) is 32.6. The van der Waals surface area contributed by atoms with Crippen molar-refractivity contribution in [2.24, 2.45) is 10.8 Å². The fourth-order valence-corrected chi connectivity index (χ4v) is 7.06. The molecular weight excluding hydrogens is 718 g/mol. The average molecular weight is 776 g/mol. The molecule has 0 spiro atoms. The maximum Gasteiger partial charge on any atom is 0.323 e. The fraction of sp³-hybridized carbons (Fsp3) is 0.550. The number of piperidine rings is 1. The Morgan fingerprint density at radius 2 is 1.75 bits per heavy atom. The Balaban J connectivity index is 1.02. The fourth-order valence-electron chi connectivity index (χ4n) is 6.90. The predicted molar refractivity (Wildman–Crippen MR) is 218 cm³/mol. The van der Waals surface area contributed by atoms with Gasteiger partial charge in [0.25, 0.3) is 0 Å². The highest BCUT2D eigenvalue weighted by Crippen LogP contribution is 2.27. The lowest BCUT2D eigenvalue weighted by Crippen LogP contribution is -2.43. The summed E-state index contributed by atoms with van der Waals surface area (Å²) in [5.74, 6) is 0.519. The first-order valence-corrected chi connectivity index (χ1v) is 20.2. The first kappa shape index (κ1) is 41.8. The van der Waals surface area contributed by atoms with E-state index in [1.165, 1.54) is 32.1 Å². The van der Waals surface area contributed by atoms with Crippen molar-refractivity contribution >= 4 is 46.1 Å². The maximum absolute atomic E-state index is 13.0. The van der Waals surface area contributed by atoms with Crippen molar-refractivity contribution in [3.05, 3.63) is 71.0 Å². The lowest BCUT2D eigenvalue weighted by atomic mass is 9.95. The van der Waals surface area contributed by atoms with Gasteiger partial charge < -0.3 is 42.0 Å². The number of ether oxygens (including phenoxy) is 1. The summed E-state index contributed by atoms with van der Waals surface area (Å²) >= 11 is 6.33. The van der Waals surface area contributed by atoms with Crippen LogP contribution in [0.15, 0.2) is 65.5 Å². The van der Waals surface area contributed by atoms with Crippen LogP contribution in [0.5, 0.6) is 0 Å². The summed E-state index contributed by atoms with van der Waals surface area (Å²) in [5.41, 5.74) is 15.8. The van der Waals surface area contributed by atoms with Crippen LogP contribution in [0.2, 0.25) is 5.02 Å². The van der Waals surface area contributed by atoms with E-state index in [0.29, 0.717) is 47.1 Å². The van der Waals surface area contributed by atoms with E-state index in [1.54, 1.807) is 12.3 Å². The van der Waals surface area contributed by atoms with Gasteiger partial charge in [0.05, 0.1) is 17.8 Å². The minimum Gasteiger partial charge on any atom is -0.460 e. The van der Waals surface area contributed by atoms with Gasteiger partial charge in [-0.15, -0.1) is 0 Å². The number of likely N-dealkylation sites (tertiary alicyclic amines) is 1. The van der Waals surface area contributed by atoms with Gasteiger partial charge in [-0.3, -0.25) is 9.59 Å². The summed E-state index contributed by atoms with van der Waals surface area (Å²) in [5, 5.41) is 22.3. The molecule has 8 N–H and O–H groups in total. The van der Waals surface area contributed by atoms with Gasteiger partial charge in [0.1, 0.15) is 18.5 Å². The number of anilines is 2. The molecular formula is C40H58ClN11O3. The smallest absolute Gasteiger partial charge is 0.323 e. The predicted octanol–water partition coefficient (Wildman–Crippen LogP) is 5.70. The van der Waals surface area contributed by atoms with Gasteiger partial charge in [-0.1, -0.05) is 61.2 Å². The number of amides is 1. The molecule has 14 nitrogen and oxygen atoms in total. The van der Waals surface area contributed by atoms with Gasteiger partial charge in [0.15, 0.2) is 0 Å². The topological polar surface area (TPSA) is 195 Å². The van der Waals surface area contributed by atoms with Crippen molar-refractivity contribution in [1.29, 1.82) is 5.53 Å². The molecule has 1 aliphatic carbocycles. The number of fused-ring (bicyclic) bond motifs is 1. The van der Waals surface area contributed by atoms with Gasteiger partial charge >= 0.3 is 5.97 Å². The van der Waals surface area contributed by atoms with Crippen LogP contribution >= 0.6 is 11.6 Å². The van der Waals surface area contributed by atoms with Gasteiger partial charge in [-0.05, 0) is 88.3 Å². The van der Waals surface area contributed by atoms with Crippen LogP contribution in [0.1, 0.15) is 76.2 Å². The number of hydrogen-bond acceptors (Lipinski definition) is 13. The normalized spacial score (nSPS) is 16.1. The minimum absolute atomic E-state index is 0.0267. The Hall–Kier alpha value is -4.37. The Bertz CT molecular complexity index is 1680. The number of rotatable bonds is 22. The number of carbonyl (C=O) groups is 2. The summed E-state index contributed by atoms with van der Waals surface area (Å²) in [7, 11) is 0. The van der Waals surface area contributed by atoms with E-state index < -0.39 is 12.0 Å².